The summed E-state index contributed by atoms with van der Waals surface area (Å²) in [5.74, 6) is 6.54. The average molecular weight is 466 g/mol. The number of hydrogen-bond donors (Lipinski definition) is 2. The summed E-state index contributed by atoms with van der Waals surface area (Å²) < 4.78 is 5.63. The van der Waals surface area contributed by atoms with Gasteiger partial charge in [0.2, 0.25) is 5.91 Å². The van der Waals surface area contributed by atoms with Gasteiger partial charge in [-0.3, -0.25) is 9.59 Å². The summed E-state index contributed by atoms with van der Waals surface area (Å²) in [4.78, 5) is 23.9. The van der Waals surface area contributed by atoms with E-state index in [1.165, 1.54) is 30.7 Å². The third kappa shape index (κ3) is 11.3. The number of amides is 1. The van der Waals surface area contributed by atoms with Gasteiger partial charge in [-0.2, -0.15) is 0 Å². The van der Waals surface area contributed by atoms with Crippen LogP contribution in [0.5, 0.6) is 5.75 Å². The van der Waals surface area contributed by atoms with Crippen molar-refractivity contribution in [3.63, 3.8) is 0 Å². The zero-order chi connectivity index (χ0) is 23.7. The summed E-state index contributed by atoms with van der Waals surface area (Å²) in [7, 11) is 0. The molecule has 1 amide bonds. The number of carboxylic acids is 1. The van der Waals surface area contributed by atoms with Crippen LogP contribution >= 0.6 is 11.8 Å². The Hall–Kier alpha value is -3.17. The average Bonchev–Trinajstić information content (AvgIpc) is 2.81. The molecule has 0 saturated carbocycles. The quantitative estimate of drug-likeness (QED) is 0.158. The molecular weight excluding hydrogens is 434 g/mol. The second-order valence-electron chi connectivity index (χ2n) is 7.33. The molecule has 2 rings (SSSR count). The second kappa shape index (κ2) is 15.6. The van der Waals surface area contributed by atoms with Crippen LogP contribution in [0.25, 0.3) is 6.08 Å². The molecule has 5 nitrogen and oxygen atoms in total. The van der Waals surface area contributed by atoms with Crippen LogP contribution in [0.4, 0.5) is 5.69 Å². The fourth-order valence-corrected chi connectivity index (χ4v) is 3.80. The maximum atomic E-state index is 12.4. The Morgan fingerprint density at radius 1 is 1.06 bits per heavy atom. The molecule has 2 aromatic carbocycles. The summed E-state index contributed by atoms with van der Waals surface area (Å²) in [5.41, 5.74) is 1.60. The molecule has 0 aliphatic rings. The van der Waals surface area contributed by atoms with Gasteiger partial charge in [0, 0.05) is 23.8 Å². The molecule has 2 aromatic rings. The lowest BCUT2D eigenvalue weighted by Gasteiger charge is -2.09. The van der Waals surface area contributed by atoms with E-state index in [1.54, 1.807) is 6.08 Å². The maximum absolute atomic E-state index is 12.4. The molecule has 6 heteroatoms. The Labute approximate surface area is 200 Å². The first kappa shape index (κ1) is 26.1. The van der Waals surface area contributed by atoms with Crippen molar-refractivity contribution in [1.82, 2.24) is 0 Å². The Bertz CT molecular complexity index is 974. The van der Waals surface area contributed by atoms with Crippen LogP contribution < -0.4 is 10.1 Å². The van der Waals surface area contributed by atoms with Crippen molar-refractivity contribution in [2.45, 2.75) is 50.3 Å². The monoisotopic (exact) mass is 465 g/mol. The van der Waals surface area contributed by atoms with E-state index < -0.39 is 5.97 Å². The van der Waals surface area contributed by atoms with E-state index in [0.717, 1.165) is 29.1 Å². The highest BCUT2D eigenvalue weighted by Crippen LogP contribution is 2.27. The van der Waals surface area contributed by atoms with E-state index in [0.29, 0.717) is 24.5 Å². The molecule has 0 saturated heterocycles. The van der Waals surface area contributed by atoms with E-state index in [-0.39, 0.29) is 12.3 Å². The predicted molar refractivity (Wildman–Crippen MR) is 136 cm³/mol. The smallest absolute Gasteiger partial charge is 0.303 e. The van der Waals surface area contributed by atoms with E-state index in [4.69, 9.17) is 9.84 Å². The van der Waals surface area contributed by atoms with Crippen LogP contribution in [0.2, 0.25) is 0 Å². The molecule has 0 heterocycles. The number of para-hydroxylation sites is 1. The topological polar surface area (TPSA) is 75.6 Å². The number of nitrogens with one attached hydrogen (secondary N) is 1. The number of carbonyl (C=O) groups is 2. The number of thioether (sulfide) groups is 1. The number of aliphatic carboxylic acids is 1. The molecule has 0 fully saturated rings. The van der Waals surface area contributed by atoms with E-state index in [1.807, 2.05) is 48.5 Å². The molecule has 0 atom stereocenters. The third-order valence-electron chi connectivity index (χ3n) is 4.59. The Balaban J connectivity index is 1.80. The van der Waals surface area contributed by atoms with Gasteiger partial charge in [-0.15, -0.1) is 11.8 Å². The van der Waals surface area contributed by atoms with Gasteiger partial charge in [-0.25, -0.2) is 0 Å². The minimum absolute atomic E-state index is 0.139. The van der Waals surface area contributed by atoms with E-state index in [2.05, 4.69) is 24.1 Å². The van der Waals surface area contributed by atoms with E-state index >= 15 is 0 Å². The number of hydrogen-bond acceptors (Lipinski definition) is 4. The third-order valence-corrected chi connectivity index (χ3v) is 5.75. The lowest BCUT2D eigenvalue weighted by molar-refractivity contribution is -0.137. The van der Waals surface area contributed by atoms with Crippen molar-refractivity contribution in [3.05, 3.63) is 60.2 Å². The first-order valence-corrected chi connectivity index (χ1v) is 12.2. The molecule has 0 aromatic heterocycles. The molecule has 33 heavy (non-hydrogen) atoms. The van der Waals surface area contributed by atoms with Crippen LogP contribution in [0, 0.1) is 11.8 Å². The first-order valence-electron chi connectivity index (χ1n) is 11.2. The molecule has 0 aliphatic heterocycles. The van der Waals surface area contributed by atoms with E-state index in [9.17, 15) is 9.59 Å². The van der Waals surface area contributed by atoms with Gasteiger partial charge in [0.25, 0.3) is 0 Å². The van der Waals surface area contributed by atoms with Crippen LogP contribution in [0.15, 0.2) is 59.5 Å². The minimum Gasteiger partial charge on any atom is -0.481 e. The number of rotatable bonds is 13. The lowest BCUT2D eigenvalue weighted by Crippen LogP contribution is -2.08. The zero-order valence-electron chi connectivity index (χ0n) is 19.0. The van der Waals surface area contributed by atoms with Crippen molar-refractivity contribution in [2.75, 3.05) is 17.7 Å². The van der Waals surface area contributed by atoms with Gasteiger partial charge in [-0.1, -0.05) is 55.9 Å². The molecule has 174 valence electrons. The van der Waals surface area contributed by atoms with Gasteiger partial charge in [0.1, 0.15) is 12.4 Å². The normalized spacial score (nSPS) is 10.5. The van der Waals surface area contributed by atoms with Crippen LogP contribution in [0.1, 0.15) is 51.0 Å². The number of anilines is 1. The summed E-state index contributed by atoms with van der Waals surface area (Å²) >= 11 is 1.53. The fraction of sp³-hybridized carbons (Fsp3) is 0.333. The predicted octanol–water partition coefficient (Wildman–Crippen LogP) is 6.26. The highest BCUT2D eigenvalue weighted by Gasteiger charge is 2.06. The standard InChI is InChI=1S/C27H31NO4S/c1-2-3-4-5-6-9-20-32-23-17-14-22(15-18-23)16-19-26(29)28-24-11-7-8-12-25(24)33-21-10-13-27(30)31/h7-8,11-12,14-19H,2-5,10,13,20-21H2,1H3,(H,28,29)(H,30,31). The van der Waals surface area contributed by atoms with Crippen molar-refractivity contribution in [2.24, 2.45) is 0 Å². The summed E-state index contributed by atoms with van der Waals surface area (Å²) in [5, 5.41) is 11.6. The van der Waals surface area contributed by atoms with Crippen molar-refractivity contribution in [1.29, 1.82) is 0 Å². The maximum Gasteiger partial charge on any atom is 0.303 e. The van der Waals surface area contributed by atoms with Gasteiger partial charge in [0.05, 0.1) is 5.69 Å². The Kier molecular flexibility index (Phi) is 12.3. The fourth-order valence-electron chi connectivity index (χ4n) is 2.84. The number of unbranched alkanes of at least 4 members (excludes halogenated alkanes) is 3. The minimum atomic E-state index is -0.798. The molecule has 0 spiro atoms. The summed E-state index contributed by atoms with van der Waals surface area (Å²) in [6.45, 7) is 2.55. The molecule has 0 aliphatic carbocycles. The Morgan fingerprint density at radius 3 is 2.61 bits per heavy atom. The Morgan fingerprint density at radius 2 is 1.85 bits per heavy atom. The molecular formula is C27H31NO4S. The van der Waals surface area contributed by atoms with Gasteiger partial charge >= 0.3 is 5.97 Å². The van der Waals surface area contributed by atoms with Gasteiger partial charge in [-0.05, 0) is 54.5 Å². The molecule has 0 radical (unpaired) electrons. The van der Waals surface area contributed by atoms with Crippen LogP contribution in [-0.2, 0) is 9.59 Å². The first-order chi connectivity index (χ1) is 16.1. The van der Waals surface area contributed by atoms with Crippen molar-refractivity contribution in [3.8, 4) is 17.6 Å². The zero-order valence-corrected chi connectivity index (χ0v) is 19.8. The highest BCUT2D eigenvalue weighted by atomic mass is 32.2. The summed E-state index contributed by atoms with van der Waals surface area (Å²) in [6, 6.07) is 15.0. The SMILES string of the molecule is CCCCCC#CCOc1ccc(C=CC(=O)Nc2ccccc2SCCCC(=O)O)cc1. The van der Waals surface area contributed by atoms with Crippen molar-refractivity contribution >= 4 is 35.4 Å². The number of carbonyl (C=O) groups excluding carboxylic acids is 1. The van der Waals surface area contributed by atoms with Crippen molar-refractivity contribution < 1.29 is 19.4 Å². The summed E-state index contributed by atoms with van der Waals surface area (Å²) in [6.07, 6.45) is 8.41. The van der Waals surface area contributed by atoms with Gasteiger partial charge < -0.3 is 15.2 Å². The highest BCUT2D eigenvalue weighted by molar-refractivity contribution is 7.99. The largest absolute Gasteiger partial charge is 0.481 e. The van der Waals surface area contributed by atoms with Gasteiger partial charge in [0.15, 0.2) is 0 Å². The second-order valence-corrected chi connectivity index (χ2v) is 8.47. The lowest BCUT2D eigenvalue weighted by atomic mass is 10.2. The number of ether oxygens (including phenoxy) is 1. The number of carboxylic acid groups (broad SMARTS) is 1. The number of benzene rings is 2. The molecule has 0 bridgehead atoms. The molecule has 0 unspecified atom stereocenters. The molecule has 2 N–H and O–H groups in total. The van der Waals surface area contributed by atoms with Crippen LogP contribution in [0.3, 0.4) is 0 Å². The van der Waals surface area contributed by atoms with Crippen LogP contribution in [-0.4, -0.2) is 29.3 Å².